The molecule has 1 aromatic rings. The van der Waals surface area contributed by atoms with Crippen LogP contribution in [0.2, 0.25) is 0 Å². The molecule has 2 atom stereocenters. The molecule has 1 N–H and O–H groups in total. The minimum Gasteiger partial charge on any atom is -0.508 e. The number of phenols is 1. The number of phenolic OH excluding ortho intramolecular Hbond substituents is 1. The monoisotopic (exact) mass is 235 g/mol. The molecule has 0 aliphatic carbocycles. The Morgan fingerprint density at radius 2 is 2.12 bits per heavy atom. The van der Waals surface area contributed by atoms with Crippen molar-refractivity contribution in [3.05, 3.63) is 29.8 Å². The lowest BCUT2D eigenvalue weighted by atomic mass is 10.1. The van der Waals surface area contributed by atoms with Gasteiger partial charge in [-0.2, -0.15) is 0 Å². The van der Waals surface area contributed by atoms with Crippen LogP contribution in [0, 0.1) is 0 Å². The molecular weight excluding hydrogens is 214 g/mol. The molecule has 3 heteroatoms. The second-order valence-corrected chi connectivity index (χ2v) is 4.86. The summed E-state index contributed by atoms with van der Waals surface area (Å²) in [5, 5.41) is 9.24. The molecule has 3 nitrogen and oxygen atoms in total. The molecule has 1 aliphatic heterocycles. The van der Waals surface area contributed by atoms with E-state index in [0.717, 1.165) is 25.9 Å². The van der Waals surface area contributed by atoms with Crippen LogP contribution in [0.4, 0.5) is 0 Å². The van der Waals surface area contributed by atoms with Gasteiger partial charge in [0.2, 0.25) is 0 Å². The van der Waals surface area contributed by atoms with Gasteiger partial charge in [-0.05, 0) is 37.5 Å². The molecule has 1 aliphatic rings. The van der Waals surface area contributed by atoms with E-state index in [4.69, 9.17) is 4.74 Å². The summed E-state index contributed by atoms with van der Waals surface area (Å²) in [6.45, 7) is 4.42. The highest BCUT2D eigenvalue weighted by Gasteiger charge is 2.25. The number of methoxy groups -OCH3 is 1. The highest BCUT2D eigenvalue weighted by Crippen LogP contribution is 2.18. The average molecular weight is 235 g/mol. The van der Waals surface area contributed by atoms with Crippen molar-refractivity contribution in [2.45, 2.75) is 31.9 Å². The first kappa shape index (κ1) is 12.4. The van der Waals surface area contributed by atoms with E-state index in [0.29, 0.717) is 17.9 Å². The van der Waals surface area contributed by atoms with Crippen LogP contribution in [0.1, 0.15) is 18.9 Å². The molecule has 1 heterocycles. The zero-order chi connectivity index (χ0) is 12.3. The van der Waals surface area contributed by atoms with Gasteiger partial charge >= 0.3 is 0 Å². The minimum atomic E-state index is 0.335. The zero-order valence-corrected chi connectivity index (χ0v) is 10.6. The molecule has 1 fully saturated rings. The molecule has 2 unspecified atom stereocenters. The maximum absolute atomic E-state index is 9.24. The molecule has 94 valence electrons. The van der Waals surface area contributed by atoms with Gasteiger partial charge in [0.15, 0.2) is 0 Å². The molecule has 1 aromatic carbocycles. The Bertz CT molecular complexity index is 350. The van der Waals surface area contributed by atoms with Crippen molar-refractivity contribution < 1.29 is 9.84 Å². The van der Waals surface area contributed by atoms with Crippen LogP contribution in [0.15, 0.2) is 24.3 Å². The van der Waals surface area contributed by atoms with Gasteiger partial charge in [-0.25, -0.2) is 0 Å². The molecule has 17 heavy (non-hydrogen) atoms. The van der Waals surface area contributed by atoms with E-state index in [-0.39, 0.29) is 0 Å². The predicted molar refractivity (Wildman–Crippen MR) is 68.3 cm³/mol. The molecular formula is C14H21NO2. The standard InChI is InChI=1S/C14H21NO2/c1-11(15-8-7-14(10-15)17-2)9-12-3-5-13(16)6-4-12/h3-6,11,14,16H,7-10H2,1-2H3. The topological polar surface area (TPSA) is 32.7 Å². The quantitative estimate of drug-likeness (QED) is 0.867. The van der Waals surface area contributed by atoms with Crippen molar-refractivity contribution in [1.82, 2.24) is 4.90 Å². The van der Waals surface area contributed by atoms with Crippen LogP contribution >= 0.6 is 0 Å². The minimum absolute atomic E-state index is 0.335. The van der Waals surface area contributed by atoms with E-state index >= 15 is 0 Å². The van der Waals surface area contributed by atoms with Crippen LogP contribution < -0.4 is 0 Å². The number of hydrogen-bond donors (Lipinski definition) is 1. The van der Waals surface area contributed by atoms with Gasteiger partial charge < -0.3 is 9.84 Å². The fourth-order valence-corrected chi connectivity index (χ4v) is 2.45. The lowest BCUT2D eigenvalue weighted by Crippen LogP contribution is -2.33. The third-order valence-corrected chi connectivity index (χ3v) is 3.60. The zero-order valence-electron chi connectivity index (χ0n) is 10.6. The lowest BCUT2D eigenvalue weighted by Gasteiger charge is -2.24. The fraction of sp³-hybridized carbons (Fsp3) is 0.571. The molecule has 0 bridgehead atoms. The number of aromatic hydroxyl groups is 1. The first-order valence-corrected chi connectivity index (χ1v) is 6.24. The van der Waals surface area contributed by atoms with Crippen LogP contribution in [-0.4, -0.2) is 42.4 Å². The summed E-state index contributed by atoms with van der Waals surface area (Å²) in [6, 6.07) is 8.03. The first-order valence-electron chi connectivity index (χ1n) is 6.24. The molecule has 0 saturated carbocycles. The van der Waals surface area contributed by atoms with Crippen molar-refractivity contribution in [3.8, 4) is 5.75 Å². The summed E-state index contributed by atoms with van der Waals surface area (Å²) < 4.78 is 5.38. The van der Waals surface area contributed by atoms with Crippen molar-refractivity contribution in [2.24, 2.45) is 0 Å². The molecule has 0 radical (unpaired) electrons. The van der Waals surface area contributed by atoms with Crippen LogP contribution in [0.3, 0.4) is 0 Å². The van der Waals surface area contributed by atoms with E-state index in [1.54, 1.807) is 19.2 Å². The number of nitrogens with zero attached hydrogens (tertiary/aromatic N) is 1. The molecule has 1 saturated heterocycles. The number of ether oxygens (including phenoxy) is 1. The normalized spacial score (nSPS) is 22.8. The van der Waals surface area contributed by atoms with Gasteiger partial charge in [-0.3, -0.25) is 4.90 Å². The van der Waals surface area contributed by atoms with Gasteiger partial charge in [0.1, 0.15) is 5.75 Å². The van der Waals surface area contributed by atoms with Crippen LogP contribution in [-0.2, 0) is 11.2 Å². The maximum atomic E-state index is 9.24. The molecule has 0 amide bonds. The summed E-state index contributed by atoms with van der Waals surface area (Å²) >= 11 is 0. The van der Waals surface area contributed by atoms with E-state index in [2.05, 4.69) is 11.8 Å². The number of likely N-dealkylation sites (tertiary alicyclic amines) is 1. The van der Waals surface area contributed by atoms with Gasteiger partial charge in [-0.1, -0.05) is 12.1 Å². The van der Waals surface area contributed by atoms with Gasteiger partial charge in [0.25, 0.3) is 0 Å². The number of hydrogen-bond acceptors (Lipinski definition) is 3. The average Bonchev–Trinajstić information content (AvgIpc) is 2.81. The van der Waals surface area contributed by atoms with Gasteiger partial charge in [-0.15, -0.1) is 0 Å². The third kappa shape index (κ3) is 3.20. The number of rotatable bonds is 4. The summed E-state index contributed by atoms with van der Waals surface area (Å²) in [5.74, 6) is 0.335. The third-order valence-electron chi connectivity index (χ3n) is 3.60. The van der Waals surface area contributed by atoms with Gasteiger partial charge in [0, 0.05) is 26.2 Å². The first-order chi connectivity index (χ1) is 8.19. The molecule has 0 spiro atoms. The van der Waals surface area contributed by atoms with Crippen molar-refractivity contribution >= 4 is 0 Å². The highest BCUT2D eigenvalue weighted by molar-refractivity contribution is 5.26. The van der Waals surface area contributed by atoms with E-state index in [9.17, 15) is 5.11 Å². The van der Waals surface area contributed by atoms with Crippen LogP contribution in [0.25, 0.3) is 0 Å². The van der Waals surface area contributed by atoms with E-state index < -0.39 is 0 Å². The Labute approximate surface area is 103 Å². The second-order valence-electron chi connectivity index (χ2n) is 4.86. The molecule has 2 rings (SSSR count). The second kappa shape index (κ2) is 5.52. The van der Waals surface area contributed by atoms with E-state index in [1.165, 1.54) is 5.56 Å². The maximum Gasteiger partial charge on any atom is 0.115 e. The van der Waals surface area contributed by atoms with Crippen molar-refractivity contribution in [2.75, 3.05) is 20.2 Å². The SMILES string of the molecule is COC1CCN(C(C)Cc2ccc(O)cc2)C1. The van der Waals surface area contributed by atoms with Crippen molar-refractivity contribution in [3.63, 3.8) is 0 Å². The fourth-order valence-electron chi connectivity index (χ4n) is 2.45. The Balaban J connectivity index is 1.89. The Morgan fingerprint density at radius 1 is 1.41 bits per heavy atom. The number of benzene rings is 1. The predicted octanol–water partition coefficient (Wildman–Crippen LogP) is 2.04. The molecule has 0 aromatic heterocycles. The Kier molecular flexibility index (Phi) is 4.02. The Hall–Kier alpha value is -1.06. The summed E-state index contributed by atoms with van der Waals surface area (Å²) in [7, 11) is 1.79. The van der Waals surface area contributed by atoms with Crippen LogP contribution in [0.5, 0.6) is 5.75 Å². The van der Waals surface area contributed by atoms with Crippen molar-refractivity contribution in [1.29, 1.82) is 0 Å². The largest absolute Gasteiger partial charge is 0.508 e. The smallest absolute Gasteiger partial charge is 0.115 e. The summed E-state index contributed by atoms with van der Waals surface area (Å²) in [5.41, 5.74) is 1.27. The summed E-state index contributed by atoms with van der Waals surface area (Å²) in [4.78, 5) is 2.47. The van der Waals surface area contributed by atoms with Gasteiger partial charge in [0.05, 0.1) is 6.10 Å². The highest BCUT2D eigenvalue weighted by atomic mass is 16.5. The summed E-state index contributed by atoms with van der Waals surface area (Å²) in [6.07, 6.45) is 2.56. The Morgan fingerprint density at radius 3 is 2.71 bits per heavy atom. The lowest BCUT2D eigenvalue weighted by molar-refractivity contribution is 0.102. The van der Waals surface area contributed by atoms with E-state index in [1.807, 2.05) is 12.1 Å².